The number of rotatable bonds is 9. The van der Waals surface area contributed by atoms with Gasteiger partial charge in [-0.1, -0.05) is 53.6 Å². The van der Waals surface area contributed by atoms with E-state index in [4.69, 9.17) is 4.98 Å². The van der Waals surface area contributed by atoms with Gasteiger partial charge in [-0.25, -0.2) is 4.98 Å². The minimum atomic E-state index is -0.298. The molecule has 0 fully saturated rings. The fraction of sp³-hybridized carbons (Fsp3) is 0.250. The highest BCUT2D eigenvalue weighted by atomic mass is 32.1. The van der Waals surface area contributed by atoms with Crippen LogP contribution < -0.4 is 5.32 Å². The van der Waals surface area contributed by atoms with Crippen LogP contribution in [-0.2, 0) is 4.79 Å². The number of aromatic nitrogens is 2. The van der Waals surface area contributed by atoms with Crippen molar-refractivity contribution in [2.75, 3.05) is 39.0 Å². The number of aryl methyl sites for hydroxylation is 2. The molecule has 0 saturated carbocycles. The second kappa shape index (κ2) is 11.3. The summed E-state index contributed by atoms with van der Waals surface area (Å²) >= 11 is 1.37. The van der Waals surface area contributed by atoms with Gasteiger partial charge in [0.05, 0.1) is 10.6 Å². The first kappa shape index (κ1) is 25.3. The first-order chi connectivity index (χ1) is 17.3. The molecule has 186 valence electrons. The molecular formula is C28H31N5O2S. The Balaban J connectivity index is 1.60. The number of hydrogen-bond acceptors (Lipinski definition) is 5. The van der Waals surface area contributed by atoms with Crippen LogP contribution in [0.5, 0.6) is 0 Å². The van der Waals surface area contributed by atoms with E-state index in [1.165, 1.54) is 16.9 Å². The smallest absolute Gasteiger partial charge is 0.264 e. The summed E-state index contributed by atoms with van der Waals surface area (Å²) in [5.74, 6) is -0.0344. The van der Waals surface area contributed by atoms with Crippen LogP contribution in [0.25, 0.3) is 16.9 Å². The van der Waals surface area contributed by atoms with E-state index in [0.717, 1.165) is 22.5 Å². The van der Waals surface area contributed by atoms with Gasteiger partial charge in [-0.2, -0.15) is 0 Å². The number of thiophene rings is 1. The summed E-state index contributed by atoms with van der Waals surface area (Å²) in [7, 11) is 3.89. The Kier molecular flexibility index (Phi) is 7.97. The molecule has 0 radical (unpaired) electrons. The van der Waals surface area contributed by atoms with Gasteiger partial charge in [0.1, 0.15) is 6.54 Å². The van der Waals surface area contributed by atoms with Crippen LogP contribution in [0.1, 0.15) is 20.8 Å². The first-order valence-corrected chi connectivity index (χ1v) is 12.7. The van der Waals surface area contributed by atoms with Crippen molar-refractivity contribution in [3.05, 3.63) is 88.2 Å². The zero-order valence-electron chi connectivity index (χ0n) is 21.1. The van der Waals surface area contributed by atoms with E-state index >= 15 is 0 Å². The van der Waals surface area contributed by atoms with E-state index in [-0.39, 0.29) is 18.4 Å². The third-order valence-corrected chi connectivity index (χ3v) is 6.65. The number of likely N-dealkylation sites (N-methyl/N-ethyl adjacent to an activating group) is 1. The number of carbonyl (C=O) groups is 2. The molecule has 0 saturated heterocycles. The Morgan fingerprint density at radius 3 is 2.22 bits per heavy atom. The lowest BCUT2D eigenvalue weighted by Gasteiger charge is -2.23. The quantitative estimate of drug-likeness (QED) is 0.356. The summed E-state index contributed by atoms with van der Waals surface area (Å²) < 4.78 is 1.87. The Morgan fingerprint density at radius 1 is 0.944 bits per heavy atom. The van der Waals surface area contributed by atoms with E-state index < -0.39 is 0 Å². The molecule has 8 heteroatoms. The summed E-state index contributed by atoms with van der Waals surface area (Å²) in [6, 6.07) is 19.8. The van der Waals surface area contributed by atoms with Gasteiger partial charge in [-0.3, -0.25) is 19.5 Å². The maximum absolute atomic E-state index is 13.2. The van der Waals surface area contributed by atoms with Crippen LogP contribution in [0.2, 0.25) is 0 Å². The van der Waals surface area contributed by atoms with Gasteiger partial charge in [0.15, 0.2) is 0 Å². The fourth-order valence-electron chi connectivity index (χ4n) is 3.70. The number of amides is 2. The second-order valence-corrected chi connectivity index (χ2v) is 10.0. The van der Waals surface area contributed by atoms with Gasteiger partial charge in [0.25, 0.3) is 5.91 Å². The number of nitrogens with zero attached hydrogens (tertiary/aromatic N) is 4. The standard InChI is InChI=1S/C28H31N5O2S/c1-20-7-11-22(12-8-20)24-18-33(23-13-9-21(2)10-14-23)28(29-24)30-26(34)19-32(16-15-31(3)4)27(35)25-6-5-17-36-25/h5-14,17-18H,15-16,19H2,1-4H3,(H,29,30,34). The molecule has 7 nitrogen and oxygen atoms in total. The maximum atomic E-state index is 13.2. The minimum Gasteiger partial charge on any atom is -0.327 e. The molecule has 36 heavy (non-hydrogen) atoms. The highest BCUT2D eigenvalue weighted by Gasteiger charge is 2.21. The van der Waals surface area contributed by atoms with E-state index in [1.807, 2.05) is 104 Å². The molecule has 0 aliphatic rings. The lowest BCUT2D eigenvalue weighted by molar-refractivity contribution is -0.117. The van der Waals surface area contributed by atoms with Crippen molar-refractivity contribution in [2.24, 2.45) is 0 Å². The zero-order valence-corrected chi connectivity index (χ0v) is 21.9. The lowest BCUT2D eigenvalue weighted by Crippen LogP contribution is -2.41. The molecule has 0 aliphatic heterocycles. The Labute approximate surface area is 216 Å². The summed E-state index contributed by atoms with van der Waals surface area (Å²) in [5, 5.41) is 4.82. The van der Waals surface area contributed by atoms with Crippen molar-refractivity contribution in [1.82, 2.24) is 19.4 Å². The molecule has 0 unspecified atom stereocenters. The number of benzene rings is 2. The molecule has 2 heterocycles. The Morgan fingerprint density at radius 2 is 1.61 bits per heavy atom. The van der Waals surface area contributed by atoms with Gasteiger partial charge < -0.3 is 9.80 Å². The lowest BCUT2D eigenvalue weighted by atomic mass is 10.1. The van der Waals surface area contributed by atoms with E-state index in [9.17, 15) is 9.59 Å². The van der Waals surface area contributed by atoms with Gasteiger partial charge in [0.2, 0.25) is 11.9 Å². The third-order valence-electron chi connectivity index (χ3n) is 5.79. The molecule has 0 aliphatic carbocycles. The van der Waals surface area contributed by atoms with Crippen molar-refractivity contribution < 1.29 is 9.59 Å². The molecule has 0 bridgehead atoms. The van der Waals surface area contributed by atoms with E-state index in [1.54, 1.807) is 11.0 Å². The average Bonchev–Trinajstić information content (AvgIpc) is 3.53. The fourth-order valence-corrected chi connectivity index (χ4v) is 4.39. The summed E-state index contributed by atoms with van der Waals surface area (Å²) in [6.45, 7) is 5.11. The van der Waals surface area contributed by atoms with Crippen LogP contribution >= 0.6 is 11.3 Å². The highest BCUT2D eigenvalue weighted by Crippen LogP contribution is 2.25. The van der Waals surface area contributed by atoms with Crippen LogP contribution in [-0.4, -0.2) is 64.9 Å². The normalized spacial score (nSPS) is 11.0. The summed E-state index contributed by atoms with van der Waals surface area (Å²) in [5.41, 5.74) is 4.92. The third kappa shape index (κ3) is 6.27. The minimum absolute atomic E-state index is 0.0643. The SMILES string of the molecule is Cc1ccc(-c2cn(-c3ccc(C)cc3)c(NC(=O)CN(CCN(C)C)C(=O)c3cccs3)n2)cc1. The van der Waals surface area contributed by atoms with Crippen LogP contribution in [0, 0.1) is 13.8 Å². The maximum Gasteiger partial charge on any atom is 0.264 e. The molecule has 2 aromatic heterocycles. The van der Waals surface area contributed by atoms with Gasteiger partial charge in [-0.05, 0) is 51.5 Å². The number of carbonyl (C=O) groups excluding carboxylic acids is 2. The monoisotopic (exact) mass is 501 g/mol. The predicted molar refractivity (Wildman–Crippen MR) is 146 cm³/mol. The van der Waals surface area contributed by atoms with Crippen LogP contribution in [0.15, 0.2) is 72.2 Å². The molecule has 4 rings (SSSR count). The van der Waals surface area contributed by atoms with Crippen molar-refractivity contribution in [1.29, 1.82) is 0 Å². The average molecular weight is 502 g/mol. The summed E-state index contributed by atoms with van der Waals surface area (Å²) in [4.78, 5) is 35.2. The van der Waals surface area contributed by atoms with E-state index in [2.05, 4.69) is 5.32 Å². The van der Waals surface area contributed by atoms with Gasteiger partial charge in [-0.15, -0.1) is 11.3 Å². The Bertz CT molecular complexity index is 1310. The number of imidazole rings is 1. The predicted octanol–water partition coefficient (Wildman–Crippen LogP) is 4.86. The van der Waals surface area contributed by atoms with Crippen molar-refractivity contribution >= 4 is 29.1 Å². The largest absolute Gasteiger partial charge is 0.327 e. The van der Waals surface area contributed by atoms with Crippen molar-refractivity contribution in [2.45, 2.75) is 13.8 Å². The molecule has 2 amide bonds. The molecule has 1 N–H and O–H groups in total. The zero-order chi connectivity index (χ0) is 25.7. The number of anilines is 1. The van der Waals surface area contributed by atoms with Gasteiger partial charge >= 0.3 is 0 Å². The summed E-state index contributed by atoms with van der Waals surface area (Å²) in [6.07, 6.45) is 1.92. The highest BCUT2D eigenvalue weighted by molar-refractivity contribution is 7.12. The van der Waals surface area contributed by atoms with Crippen LogP contribution in [0.3, 0.4) is 0 Å². The topological polar surface area (TPSA) is 70.5 Å². The van der Waals surface area contributed by atoms with Crippen molar-refractivity contribution in [3.8, 4) is 16.9 Å². The molecular weight excluding hydrogens is 470 g/mol. The van der Waals surface area contributed by atoms with E-state index in [0.29, 0.717) is 23.9 Å². The molecule has 4 aromatic rings. The molecule has 0 spiro atoms. The molecule has 0 atom stereocenters. The number of nitrogens with one attached hydrogen (secondary N) is 1. The van der Waals surface area contributed by atoms with Crippen molar-refractivity contribution in [3.63, 3.8) is 0 Å². The Hall–Kier alpha value is -3.75. The first-order valence-electron chi connectivity index (χ1n) is 11.8. The second-order valence-electron chi connectivity index (χ2n) is 9.08. The van der Waals surface area contributed by atoms with Gasteiger partial charge in [0, 0.05) is 30.5 Å². The van der Waals surface area contributed by atoms with Crippen LogP contribution in [0.4, 0.5) is 5.95 Å². The number of hydrogen-bond donors (Lipinski definition) is 1. The molecule has 2 aromatic carbocycles.